The summed E-state index contributed by atoms with van der Waals surface area (Å²) in [5.74, 6) is -1.08. The topological polar surface area (TPSA) is 87.7 Å². The Labute approximate surface area is 122 Å². The van der Waals surface area contributed by atoms with E-state index in [1.807, 2.05) is 13.8 Å². The number of carbonyl (C=O) groups is 2. The second-order valence-electron chi connectivity index (χ2n) is 4.10. The summed E-state index contributed by atoms with van der Waals surface area (Å²) in [6.45, 7) is 4.66. The number of ether oxygens (including phenoxy) is 1. The van der Waals surface area contributed by atoms with Gasteiger partial charge in [0.25, 0.3) is 0 Å². The lowest BCUT2D eigenvalue weighted by Gasteiger charge is -2.13. The van der Waals surface area contributed by atoms with Crippen LogP contribution in [0.3, 0.4) is 0 Å². The molecule has 0 saturated carbocycles. The van der Waals surface area contributed by atoms with Gasteiger partial charge in [-0.2, -0.15) is 0 Å². The Morgan fingerprint density at radius 1 is 1.45 bits per heavy atom. The maximum absolute atomic E-state index is 11.6. The summed E-state index contributed by atoms with van der Waals surface area (Å²) in [6.07, 6.45) is -0.0874. The van der Waals surface area contributed by atoms with Gasteiger partial charge < -0.3 is 20.5 Å². The minimum absolute atomic E-state index is 0.0610. The highest BCUT2D eigenvalue weighted by atomic mass is 35.5. The lowest BCUT2D eigenvalue weighted by molar-refractivity contribution is 0.0696. The molecule has 0 spiro atoms. The number of halogens is 1. The van der Waals surface area contributed by atoms with E-state index in [1.54, 1.807) is 0 Å². The molecule has 6 nitrogen and oxygen atoms in total. The van der Waals surface area contributed by atoms with E-state index >= 15 is 0 Å². The first-order valence-corrected chi connectivity index (χ1v) is 6.51. The van der Waals surface area contributed by atoms with Crippen LogP contribution in [-0.4, -0.2) is 36.4 Å². The van der Waals surface area contributed by atoms with E-state index in [0.717, 1.165) is 0 Å². The van der Waals surface area contributed by atoms with Gasteiger partial charge in [-0.3, -0.25) is 0 Å². The van der Waals surface area contributed by atoms with Crippen molar-refractivity contribution < 1.29 is 19.4 Å². The number of anilines is 1. The summed E-state index contributed by atoms with van der Waals surface area (Å²) >= 11 is 5.90. The number of urea groups is 1. The first-order chi connectivity index (χ1) is 9.43. The number of aromatic carboxylic acids is 1. The maximum atomic E-state index is 11.6. The van der Waals surface area contributed by atoms with Crippen LogP contribution in [0.5, 0.6) is 0 Å². The summed E-state index contributed by atoms with van der Waals surface area (Å²) in [7, 11) is 0. The molecular weight excluding hydrogens is 284 g/mol. The molecule has 1 aromatic rings. The van der Waals surface area contributed by atoms with Crippen molar-refractivity contribution in [1.82, 2.24) is 5.32 Å². The van der Waals surface area contributed by atoms with Gasteiger partial charge >= 0.3 is 12.0 Å². The number of amides is 2. The Kier molecular flexibility index (Phi) is 6.27. The normalized spacial score (nSPS) is 11.8. The van der Waals surface area contributed by atoms with Gasteiger partial charge in [0.15, 0.2) is 0 Å². The lowest BCUT2D eigenvalue weighted by atomic mass is 10.2. The van der Waals surface area contributed by atoms with Gasteiger partial charge in [-0.05, 0) is 32.0 Å². The van der Waals surface area contributed by atoms with E-state index in [9.17, 15) is 9.59 Å². The van der Waals surface area contributed by atoms with Crippen LogP contribution in [0.25, 0.3) is 0 Å². The second kappa shape index (κ2) is 7.72. The van der Waals surface area contributed by atoms with Crippen molar-refractivity contribution in [2.75, 3.05) is 18.5 Å². The number of rotatable bonds is 6. The Morgan fingerprint density at radius 2 is 2.15 bits per heavy atom. The molecule has 0 aliphatic carbocycles. The maximum Gasteiger partial charge on any atom is 0.335 e. The van der Waals surface area contributed by atoms with Crippen molar-refractivity contribution in [2.45, 2.75) is 20.0 Å². The van der Waals surface area contributed by atoms with Crippen LogP contribution in [0.15, 0.2) is 18.2 Å². The molecule has 2 amide bonds. The number of benzene rings is 1. The van der Waals surface area contributed by atoms with Gasteiger partial charge in [0.2, 0.25) is 0 Å². The van der Waals surface area contributed by atoms with Gasteiger partial charge in [0.05, 0.1) is 22.4 Å². The molecule has 0 aliphatic rings. The minimum atomic E-state index is -1.08. The third-order valence-corrected chi connectivity index (χ3v) is 2.78. The van der Waals surface area contributed by atoms with Gasteiger partial charge in [0, 0.05) is 13.2 Å². The van der Waals surface area contributed by atoms with Crippen LogP contribution in [0.2, 0.25) is 5.02 Å². The zero-order valence-electron chi connectivity index (χ0n) is 11.3. The Morgan fingerprint density at radius 3 is 2.70 bits per heavy atom. The van der Waals surface area contributed by atoms with Crippen LogP contribution in [0.1, 0.15) is 24.2 Å². The number of hydrogen-bond donors (Lipinski definition) is 3. The smallest absolute Gasteiger partial charge is 0.335 e. The molecule has 3 N–H and O–H groups in total. The molecule has 0 radical (unpaired) electrons. The van der Waals surface area contributed by atoms with Gasteiger partial charge in [-0.1, -0.05) is 11.6 Å². The van der Waals surface area contributed by atoms with E-state index in [2.05, 4.69) is 10.6 Å². The highest BCUT2D eigenvalue weighted by Gasteiger charge is 2.10. The average molecular weight is 301 g/mol. The fourth-order valence-electron chi connectivity index (χ4n) is 1.50. The number of carboxylic acid groups (broad SMARTS) is 1. The summed E-state index contributed by atoms with van der Waals surface area (Å²) in [5.41, 5.74) is 0.407. The van der Waals surface area contributed by atoms with Crippen LogP contribution in [-0.2, 0) is 4.74 Å². The van der Waals surface area contributed by atoms with E-state index in [4.69, 9.17) is 21.4 Å². The number of carboxylic acids is 1. The Bertz CT molecular complexity index is 493. The van der Waals surface area contributed by atoms with Crippen LogP contribution < -0.4 is 10.6 Å². The highest BCUT2D eigenvalue weighted by Crippen LogP contribution is 2.22. The lowest BCUT2D eigenvalue weighted by Crippen LogP contribution is -2.35. The van der Waals surface area contributed by atoms with Crippen LogP contribution in [0, 0.1) is 0 Å². The largest absolute Gasteiger partial charge is 0.478 e. The summed E-state index contributed by atoms with van der Waals surface area (Å²) in [4.78, 5) is 22.4. The van der Waals surface area contributed by atoms with Crippen molar-refractivity contribution >= 4 is 29.3 Å². The summed E-state index contributed by atoms with van der Waals surface area (Å²) in [6, 6.07) is 3.66. The first-order valence-electron chi connectivity index (χ1n) is 6.13. The zero-order chi connectivity index (χ0) is 15.1. The molecule has 0 aromatic heterocycles. The van der Waals surface area contributed by atoms with Crippen molar-refractivity contribution in [1.29, 1.82) is 0 Å². The van der Waals surface area contributed by atoms with Gasteiger partial charge in [0.1, 0.15) is 0 Å². The molecule has 0 saturated heterocycles. The molecule has 0 bridgehead atoms. The van der Waals surface area contributed by atoms with Crippen LogP contribution >= 0.6 is 11.6 Å². The molecule has 0 fully saturated rings. The van der Waals surface area contributed by atoms with E-state index in [1.165, 1.54) is 18.2 Å². The molecule has 1 rings (SSSR count). The SMILES string of the molecule is CCOC(C)CNC(=O)Nc1ccc(C(=O)O)cc1Cl. The fourth-order valence-corrected chi connectivity index (χ4v) is 1.72. The molecule has 0 aliphatic heterocycles. The van der Waals surface area contributed by atoms with Gasteiger partial charge in [-0.25, -0.2) is 9.59 Å². The quantitative estimate of drug-likeness (QED) is 0.753. The first kappa shape index (κ1) is 16.3. The average Bonchev–Trinajstić information content (AvgIpc) is 2.39. The van der Waals surface area contributed by atoms with Crippen LogP contribution in [0.4, 0.5) is 10.5 Å². The number of hydrogen-bond acceptors (Lipinski definition) is 3. The fraction of sp³-hybridized carbons (Fsp3) is 0.385. The van der Waals surface area contributed by atoms with Crippen molar-refractivity contribution in [3.63, 3.8) is 0 Å². The zero-order valence-corrected chi connectivity index (χ0v) is 12.0. The van der Waals surface area contributed by atoms with E-state index < -0.39 is 12.0 Å². The predicted molar refractivity (Wildman–Crippen MR) is 76.5 cm³/mol. The molecule has 0 heterocycles. The number of carbonyl (C=O) groups excluding carboxylic acids is 1. The van der Waals surface area contributed by atoms with E-state index in [0.29, 0.717) is 18.8 Å². The molecular formula is C13H17ClN2O4. The molecule has 7 heteroatoms. The van der Waals surface area contributed by atoms with Gasteiger partial charge in [-0.15, -0.1) is 0 Å². The Balaban J connectivity index is 2.56. The van der Waals surface area contributed by atoms with Crippen molar-refractivity contribution in [3.8, 4) is 0 Å². The minimum Gasteiger partial charge on any atom is -0.478 e. The predicted octanol–water partition coefficient (Wildman–Crippen LogP) is 2.58. The Hall–Kier alpha value is -1.79. The molecule has 1 atom stereocenters. The second-order valence-corrected chi connectivity index (χ2v) is 4.51. The molecule has 1 aromatic carbocycles. The monoisotopic (exact) mass is 300 g/mol. The summed E-state index contributed by atoms with van der Waals surface area (Å²) in [5, 5.41) is 14.1. The highest BCUT2D eigenvalue weighted by molar-refractivity contribution is 6.34. The third-order valence-electron chi connectivity index (χ3n) is 2.47. The third kappa shape index (κ3) is 5.07. The van der Waals surface area contributed by atoms with Crippen molar-refractivity contribution in [3.05, 3.63) is 28.8 Å². The summed E-state index contributed by atoms with van der Waals surface area (Å²) < 4.78 is 5.27. The standard InChI is InChI=1S/C13H17ClN2O4/c1-3-20-8(2)7-15-13(19)16-11-5-4-9(12(17)18)6-10(11)14/h4-6,8H,3,7H2,1-2H3,(H,17,18)(H2,15,16,19). The number of nitrogens with one attached hydrogen (secondary N) is 2. The van der Waals surface area contributed by atoms with Crippen molar-refractivity contribution in [2.24, 2.45) is 0 Å². The molecule has 1 unspecified atom stereocenters. The van der Waals surface area contributed by atoms with E-state index in [-0.39, 0.29) is 16.7 Å². The molecule has 110 valence electrons. The molecule has 20 heavy (non-hydrogen) atoms.